The molecule has 110 valence electrons. The molecule has 0 spiro atoms. The number of nitrogens with zero attached hydrogens (tertiary/aromatic N) is 2. The van der Waals surface area contributed by atoms with E-state index in [9.17, 15) is 4.79 Å². The molecular formula is C15H23N3OS. The highest BCUT2D eigenvalue weighted by atomic mass is 32.1. The van der Waals surface area contributed by atoms with Crippen molar-refractivity contribution in [2.75, 3.05) is 39.3 Å². The third-order valence-corrected chi connectivity index (χ3v) is 5.26. The lowest BCUT2D eigenvalue weighted by atomic mass is 9.88. The SMILES string of the molecule is CC1(C(=O)N2CCN(Cc3ccsc3)CC2)CCNC1. The Morgan fingerprint density at radius 1 is 1.40 bits per heavy atom. The number of carbonyl (C=O) groups is 1. The van der Waals surface area contributed by atoms with Gasteiger partial charge < -0.3 is 10.2 Å². The van der Waals surface area contributed by atoms with E-state index in [2.05, 4.69) is 38.9 Å². The maximum absolute atomic E-state index is 12.6. The van der Waals surface area contributed by atoms with Crippen LogP contribution in [0.3, 0.4) is 0 Å². The first-order chi connectivity index (χ1) is 9.67. The van der Waals surface area contributed by atoms with Gasteiger partial charge in [-0.1, -0.05) is 0 Å². The quantitative estimate of drug-likeness (QED) is 0.915. The minimum absolute atomic E-state index is 0.171. The monoisotopic (exact) mass is 293 g/mol. The van der Waals surface area contributed by atoms with Crippen molar-refractivity contribution in [1.82, 2.24) is 15.1 Å². The molecule has 1 unspecified atom stereocenters. The standard InChI is InChI=1S/C15H23N3OS/c1-15(3-4-16-12-15)14(19)18-7-5-17(6-8-18)10-13-2-9-20-11-13/h2,9,11,16H,3-8,10,12H2,1H3. The molecule has 0 aromatic carbocycles. The lowest BCUT2D eigenvalue weighted by molar-refractivity contribution is -0.142. The Morgan fingerprint density at radius 2 is 2.20 bits per heavy atom. The summed E-state index contributed by atoms with van der Waals surface area (Å²) in [6.07, 6.45) is 0.973. The van der Waals surface area contributed by atoms with Crippen molar-refractivity contribution in [3.8, 4) is 0 Å². The third-order valence-electron chi connectivity index (χ3n) is 4.53. The molecule has 0 saturated carbocycles. The van der Waals surface area contributed by atoms with E-state index >= 15 is 0 Å². The smallest absolute Gasteiger partial charge is 0.229 e. The Morgan fingerprint density at radius 3 is 2.80 bits per heavy atom. The lowest BCUT2D eigenvalue weighted by Crippen LogP contribution is -2.52. The number of thiophene rings is 1. The molecular weight excluding hydrogens is 270 g/mol. The summed E-state index contributed by atoms with van der Waals surface area (Å²) in [4.78, 5) is 17.1. The summed E-state index contributed by atoms with van der Waals surface area (Å²) in [6, 6.07) is 2.19. The summed E-state index contributed by atoms with van der Waals surface area (Å²) in [6.45, 7) is 8.66. The molecule has 1 amide bonds. The van der Waals surface area contributed by atoms with E-state index in [1.54, 1.807) is 11.3 Å². The molecule has 3 rings (SSSR count). The Kier molecular flexibility index (Phi) is 4.10. The number of hydrogen-bond acceptors (Lipinski definition) is 4. The molecule has 5 heteroatoms. The first kappa shape index (κ1) is 14.0. The zero-order valence-corrected chi connectivity index (χ0v) is 12.9. The number of hydrogen-bond donors (Lipinski definition) is 1. The molecule has 2 fully saturated rings. The van der Waals surface area contributed by atoms with Gasteiger partial charge in [-0.2, -0.15) is 11.3 Å². The second-order valence-electron chi connectivity index (χ2n) is 6.19. The lowest BCUT2D eigenvalue weighted by Gasteiger charge is -2.38. The van der Waals surface area contributed by atoms with Crippen LogP contribution in [0.2, 0.25) is 0 Å². The number of rotatable bonds is 3. The fraction of sp³-hybridized carbons (Fsp3) is 0.667. The average molecular weight is 293 g/mol. The van der Waals surface area contributed by atoms with Crippen LogP contribution in [-0.2, 0) is 11.3 Å². The van der Waals surface area contributed by atoms with Crippen LogP contribution in [0.1, 0.15) is 18.9 Å². The summed E-state index contributed by atoms with van der Waals surface area (Å²) >= 11 is 1.75. The van der Waals surface area contributed by atoms with Gasteiger partial charge in [0, 0.05) is 39.3 Å². The van der Waals surface area contributed by atoms with Gasteiger partial charge in [0.05, 0.1) is 5.41 Å². The van der Waals surface area contributed by atoms with Crippen molar-refractivity contribution >= 4 is 17.2 Å². The summed E-state index contributed by atoms with van der Waals surface area (Å²) in [5.74, 6) is 0.345. The van der Waals surface area contributed by atoms with Gasteiger partial charge in [-0.05, 0) is 42.3 Å². The van der Waals surface area contributed by atoms with Crippen molar-refractivity contribution in [3.63, 3.8) is 0 Å². The van der Waals surface area contributed by atoms with Crippen LogP contribution in [0.15, 0.2) is 16.8 Å². The second kappa shape index (κ2) is 5.84. The normalized spacial score (nSPS) is 27.9. The van der Waals surface area contributed by atoms with Crippen molar-refractivity contribution in [1.29, 1.82) is 0 Å². The van der Waals surface area contributed by atoms with Gasteiger partial charge in [0.25, 0.3) is 0 Å². The first-order valence-corrected chi connectivity index (χ1v) is 8.35. The van der Waals surface area contributed by atoms with Crippen molar-refractivity contribution < 1.29 is 4.79 Å². The van der Waals surface area contributed by atoms with Crippen molar-refractivity contribution in [3.05, 3.63) is 22.4 Å². The van der Waals surface area contributed by atoms with Crippen LogP contribution in [-0.4, -0.2) is 55.0 Å². The van der Waals surface area contributed by atoms with E-state index in [0.717, 1.165) is 52.2 Å². The summed E-state index contributed by atoms with van der Waals surface area (Å²) in [7, 11) is 0. The predicted octanol–water partition coefficient (Wildman–Crippen LogP) is 1.39. The molecule has 2 aliphatic rings. The van der Waals surface area contributed by atoms with Crippen LogP contribution in [0.5, 0.6) is 0 Å². The largest absolute Gasteiger partial charge is 0.340 e. The van der Waals surface area contributed by atoms with Gasteiger partial charge in [-0.25, -0.2) is 0 Å². The number of piperazine rings is 1. The molecule has 3 heterocycles. The molecule has 0 radical (unpaired) electrons. The highest BCUT2D eigenvalue weighted by Crippen LogP contribution is 2.27. The molecule has 2 saturated heterocycles. The number of carbonyl (C=O) groups excluding carboxylic acids is 1. The molecule has 2 aliphatic heterocycles. The van der Waals surface area contributed by atoms with E-state index in [1.165, 1.54) is 5.56 Å². The van der Waals surface area contributed by atoms with Crippen LogP contribution in [0.25, 0.3) is 0 Å². The average Bonchev–Trinajstić information content (AvgIpc) is 3.11. The Bertz CT molecular complexity index is 446. The number of amides is 1. The van der Waals surface area contributed by atoms with Gasteiger partial charge in [0.15, 0.2) is 0 Å². The van der Waals surface area contributed by atoms with Gasteiger partial charge in [0.2, 0.25) is 5.91 Å². The van der Waals surface area contributed by atoms with Gasteiger partial charge in [-0.3, -0.25) is 9.69 Å². The maximum atomic E-state index is 12.6. The molecule has 1 N–H and O–H groups in total. The fourth-order valence-corrected chi connectivity index (χ4v) is 3.79. The zero-order chi connectivity index (χ0) is 14.0. The van der Waals surface area contributed by atoms with Gasteiger partial charge in [-0.15, -0.1) is 0 Å². The minimum atomic E-state index is -0.171. The first-order valence-electron chi connectivity index (χ1n) is 7.41. The van der Waals surface area contributed by atoms with Crippen LogP contribution in [0.4, 0.5) is 0 Å². The van der Waals surface area contributed by atoms with E-state index < -0.39 is 0 Å². The molecule has 0 bridgehead atoms. The van der Waals surface area contributed by atoms with Gasteiger partial charge in [0.1, 0.15) is 0 Å². The predicted molar refractivity (Wildman–Crippen MR) is 81.8 cm³/mol. The van der Waals surface area contributed by atoms with Gasteiger partial charge >= 0.3 is 0 Å². The summed E-state index contributed by atoms with van der Waals surface area (Å²) in [5.41, 5.74) is 1.22. The van der Waals surface area contributed by atoms with E-state index in [0.29, 0.717) is 5.91 Å². The van der Waals surface area contributed by atoms with E-state index in [-0.39, 0.29) is 5.41 Å². The van der Waals surface area contributed by atoms with E-state index in [1.807, 2.05) is 0 Å². The molecule has 1 aromatic rings. The zero-order valence-electron chi connectivity index (χ0n) is 12.1. The molecule has 1 aromatic heterocycles. The Balaban J connectivity index is 1.52. The highest BCUT2D eigenvalue weighted by molar-refractivity contribution is 7.07. The Hall–Kier alpha value is -0.910. The number of nitrogens with one attached hydrogen (secondary N) is 1. The van der Waals surface area contributed by atoms with E-state index in [4.69, 9.17) is 0 Å². The maximum Gasteiger partial charge on any atom is 0.229 e. The third kappa shape index (κ3) is 2.90. The fourth-order valence-electron chi connectivity index (χ4n) is 3.13. The topological polar surface area (TPSA) is 35.6 Å². The molecule has 4 nitrogen and oxygen atoms in total. The highest BCUT2D eigenvalue weighted by Gasteiger charge is 2.39. The molecule has 1 atom stereocenters. The van der Waals surface area contributed by atoms with Crippen LogP contribution < -0.4 is 5.32 Å². The summed E-state index contributed by atoms with van der Waals surface area (Å²) in [5, 5.41) is 7.65. The Labute approximate surface area is 124 Å². The van der Waals surface area contributed by atoms with Crippen molar-refractivity contribution in [2.24, 2.45) is 5.41 Å². The van der Waals surface area contributed by atoms with Crippen LogP contribution >= 0.6 is 11.3 Å². The second-order valence-corrected chi connectivity index (χ2v) is 6.97. The minimum Gasteiger partial charge on any atom is -0.340 e. The molecule has 20 heavy (non-hydrogen) atoms. The summed E-state index contributed by atoms with van der Waals surface area (Å²) < 4.78 is 0. The van der Waals surface area contributed by atoms with Crippen molar-refractivity contribution in [2.45, 2.75) is 19.9 Å². The molecule has 0 aliphatic carbocycles. The van der Waals surface area contributed by atoms with Crippen LogP contribution in [0, 0.1) is 5.41 Å².